The van der Waals surface area contributed by atoms with Crippen molar-refractivity contribution in [2.45, 2.75) is 17.7 Å². The minimum absolute atomic E-state index is 0.0687. The van der Waals surface area contributed by atoms with Gasteiger partial charge in [0, 0.05) is 24.3 Å². The second kappa shape index (κ2) is 8.62. The van der Waals surface area contributed by atoms with Crippen LogP contribution in [0.25, 0.3) is 22.4 Å². The Morgan fingerprint density at radius 1 is 1.00 bits per heavy atom. The highest BCUT2D eigenvalue weighted by Gasteiger charge is 2.28. The van der Waals surface area contributed by atoms with Gasteiger partial charge in [0.05, 0.1) is 26.5 Å². The molecule has 9 heteroatoms. The standard InChI is InChI=1S/C24H21ClN4O3S/c25-20-12-11-18(33(31,32)29-13-3-4-14-29)15-19(20)24(30)26-17-9-7-16(8-10-17)23-27-21-5-1-2-6-22(21)28-23/h1-2,5-12,15H,3-4,13-14H2,(H,26,30)(H,27,28). The average Bonchev–Trinajstić information content (AvgIpc) is 3.50. The highest BCUT2D eigenvalue weighted by Crippen LogP contribution is 2.27. The van der Waals surface area contributed by atoms with Gasteiger partial charge in [-0.05, 0) is 67.4 Å². The number of aromatic nitrogens is 2. The highest BCUT2D eigenvalue weighted by molar-refractivity contribution is 7.89. The third kappa shape index (κ3) is 4.25. The van der Waals surface area contributed by atoms with Crippen LogP contribution in [-0.4, -0.2) is 41.7 Å². The first-order chi connectivity index (χ1) is 15.9. The summed E-state index contributed by atoms with van der Waals surface area (Å²) in [5.41, 5.74) is 3.37. The molecule has 0 atom stereocenters. The average molecular weight is 481 g/mol. The zero-order valence-electron chi connectivity index (χ0n) is 17.6. The smallest absolute Gasteiger partial charge is 0.257 e. The maximum absolute atomic E-state index is 12.9. The summed E-state index contributed by atoms with van der Waals surface area (Å²) < 4.78 is 27.2. The number of rotatable bonds is 5. The predicted molar refractivity (Wildman–Crippen MR) is 129 cm³/mol. The molecule has 1 saturated heterocycles. The van der Waals surface area contributed by atoms with E-state index < -0.39 is 15.9 Å². The van der Waals surface area contributed by atoms with E-state index in [9.17, 15) is 13.2 Å². The number of fused-ring (bicyclic) bond motifs is 1. The van der Waals surface area contributed by atoms with E-state index >= 15 is 0 Å². The first kappa shape index (κ1) is 21.6. The number of amides is 1. The van der Waals surface area contributed by atoms with E-state index in [4.69, 9.17) is 11.6 Å². The van der Waals surface area contributed by atoms with E-state index in [2.05, 4.69) is 15.3 Å². The van der Waals surface area contributed by atoms with Crippen LogP contribution in [-0.2, 0) is 10.0 Å². The van der Waals surface area contributed by atoms with Crippen LogP contribution in [0.5, 0.6) is 0 Å². The molecule has 7 nitrogen and oxygen atoms in total. The lowest BCUT2D eigenvalue weighted by molar-refractivity contribution is 0.102. The number of carbonyl (C=O) groups is 1. The Bertz CT molecular complexity index is 1410. The highest BCUT2D eigenvalue weighted by atomic mass is 35.5. The Labute approximate surface area is 196 Å². The molecule has 168 valence electrons. The number of nitrogens with zero attached hydrogens (tertiary/aromatic N) is 2. The maximum Gasteiger partial charge on any atom is 0.257 e. The van der Waals surface area contributed by atoms with Crippen molar-refractivity contribution in [2.24, 2.45) is 0 Å². The zero-order chi connectivity index (χ0) is 23.0. The van der Waals surface area contributed by atoms with Gasteiger partial charge in [-0.2, -0.15) is 4.31 Å². The fourth-order valence-corrected chi connectivity index (χ4v) is 5.66. The Kier molecular flexibility index (Phi) is 5.65. The molecule has 0 saturated carbocycles. The van der Waals surface area contributed by atoms with Crippen molar-refractivity contribution in [1.82, 2.24) is 14.3 Å². The summed E-state index contributed by atoms with van der Waals surface area (Å²) in [6, 6.07) is 19.2. The summed E-state index contributed by atoms with van der Waals surface area (Å²) in [6.45, 7) is 0.980. The number of benzene rings is 3. The van der Waals surface area contributed by atoms with Gasteiger partial charge >= 0.3 is 0 Å². The summed E-state index contributed by atoms with van der Waals surface area (Å²) in [5.74, 6) is 0.256. The minimum Gasteiger partial charge on any atom is -0.338 e. The molecule has 0 bridgehead atoms. The van der Waals surface area contributed by atoms with Crippen LogP contribution in [0.15, 0.2) is 71.6 Å². The van der Waals surface area contributed by atoms with Crippen LogP contribution >= 0.6 is 11.6 Å². The third-order valence-electron chi connectivity index (χ3n) is 5.69. The van der Waals surface area contributed by atoms with E-state index in [-0.39, 0.29) is 15.5 Å². The number of sulfonamides is 1. The number of carbonyl (C=O) groups excluding carboxylic acids is 1. The van der Waals surface area contributed by atoms with Crippen LogP contribution in [0.3, 0.4) is 0 Å². The van der Waals surface area contributed by atoms with E-state index in [1.54, 1.807) is 12.1 Å². The molecule has 0 unspecified atom stereocenters. The van der Waals surface area contributed by atoms with E-state index in [1.807, 2.05) is 36.4 Å². The molecule has 0 aliphatic carbocycles. The Hall–Kier alpha value is -3.20. The number of aromatic amines is 1. The third-order valence-corrected chi connectivity index (χ3v) is 7.92. The second-order valence-electron chi connectivity index (χ2n) is 7.89. The summed E-state index contributed by atoms with van der Waals surface area (Å²) >= 11 is 6.23. The second-order valence-corrected chi connectivity index (χ2v) is 10.2. The van der Waals surface area contributed by atoms with Gasteiger partial charge in [-0.15, -0.1) is 0 Å². The summed E-state index contributed by atoms with van der Waals surface area (Å²) in [7, 11) is -3.65. The normalized spacial score (nSPS) is 14.6. The molecular weight excluding hydrogens is 460 g/mol. The van der Waals surface area contributed by atoms with Gasteiger partial charge in [0.15, 0.2) is 0 Å². The van der Waals surface area contributed by atoms with Gasteiger partial charge < -0.3 is 10.3 Å². The fraction of sp³-hybridized carbons (Fsp3) is 0.167. The van der Waals surface area contributed by atoms with Crippen LogP contribution in [0.4, 0.5) is 5.69 Å². The molecule has 1 aromatic heterocycles. The molecule has 2 N–H and O–H groups in total. The van der Waals surface area contributed by atoms with Gasteiger partial charge in [0.25, 0.3) is 5.91 Å². The lowest BCUT2D eigenvalue weighted by atomic mass is 10.1. The Morgan fingerprint density at radius 3 is 2.45 bits per heavy atom. The molecule has 1 aliphatic heterocycles. The van der Waals surface area contributed by atoms with Crippen molar-refractivity contribution in [3.8, 4) is 11.4 Å². The molecule has 0 radical (unpaired) electrons. The van der Waals surface area contributed by atoms with Crippen LogP contribution in [0, 0.1) is 0 Å². The predicted octanol–water partition coefficient (Wildman–Crippen LogP) is 4.92. The van der Waals surface area contributed by atoms with E-state index in [0.717, 1.165) is 35.3 Å². The molecular formula is C24H21ClN4O3S. The lowest BCUT2D eigenvalue weighted by Gasteiger charge is -2.16. The van der Waals surface area contributed by atoms with Gasteiger partial charge in [-0.25, -0.2) is 13.4 Å². The van der Waals surface area contributed by atoms with Gasteiger partial charge in [0.1, 0.15) is 5.82 Å². The molecule has 5 rings (SSSR count). The number of nitrogens with one attached hydrogen (secondary N) is 2. The van der Waals surface area contributed by atoms with Crippen molar-refractivity contribution in [2.75, 3.05) is 18.4 Å². The van der Waals surface area contributed by atoms with Gasteiger partial charge in [0.2, 0.25) is 10.0 Å². The first-order valence-corrected chi connectivity index (χ1v) is 12.4. The van der Waals surface area contributed by atoms with Crippen LogP contribution in [0.2, 0.25) is 5.02 Å². The van der Waals surface area contributed by atoms with Crippen molar-refractivity contribution in [3.63, 3.8) is 0 Å². The zero-order valence-corrected chi connectivity index (χ0v) is 19.2. The fourth-order valence-electron chi connectivity index (χ4n) is 3.92. The Balaban J connectivity index is 1.36. The number of halogens is 1. The molecule has 33 heavy (non-hydrogen) atoms. The van der Waals surface area contributed by atoms with Crippen molar-refractivity contribution in [3.05, 3.63) is 77.3 Å². The van der Waals surface area contributed by atoms with Crippen molar-refractivity contribution >= 4 is 44.3 Å². The first-order valence-electron chi connectivity index (χ1n) is 10.6. The number of hydrogen-bond acceptors (Lipinski definition) is 4. The van der Waals surface area contributed by atoms with E-state index in [0.29, 0.717) is 18.8 Å². The molecule has 1 fully saturated rings. The number of anilines is 1. The quantitative estimate of drug-likeness (QED) is 0.424. The molecule has 1 amide bonds. The molecule has 2 heterocycles. The monoisotopic (exact) mass is 480 g/mol. The minimum atomic E-state index is -3.65. The van der Waals surface area contributed by atoms with Crippen molar-refractivity contribution in [1.29, 1.82) is 0 Å². The summed E-state index contributed by atoms with van der Waals surface area (Å²) in [6.07, 6.45) is 1.67. The SMILES string of the molecule is O=C(Nc1ccc(-c2nc3ccccc3[nH]2)cc1)c1cc(S(=O)(=O)N2CCCC2)ccc1Cl. The number of para-hydroxylation sites is 2. The number of imidazole rings is 1. The number of H-pyrrole nitrogens is 1. The van der Waals surface area contributed by atoms with E-state index in [1.165, 1.54) is 22.5 Å². The maximum atomic E-state index is 12.9. The lowest BCUT2D eigenvalue weighted by Crippen LogP contribution is -2.28. The Morgan fingerprint density at radius 2 is 1.73 bits per heavy atom. The van der Waals surface area contributed by atoms with Crippen molar-refractivity contribution < 1.29 is 13.2 Å². The topological polar surface area (TPSA) is 95.2 Å². The van der Waals surface area contributed by atoms with Gasteiger partial charge in [-0.1, -0.05) is 23.7 Å². The largest absolute Gasteiger partial charge is 0.338 e. The molecule has 1 aliphatic rings. The van der Waals surface area contributed by atoms with Gasteiger partial charge in [-0.3, -0.25) is 4.79 Å². The summed E-state index contributed by atoms with van der Waals surface area (Å²) in [4.78, 5) is 20.8. The van der Waals surface area contributed by atoms with Crippen LogP contribution in [0.1, 0.15) is 23.2 Å². The number of hydrogen-bond donors (Lipinski definition) is 2. The van der Waals surface area contributed by atoms with Crippen LogP contribution < -0.4 is 5.32 Å². The molecule has 3 aromatic carbocycles. The summed E-state index contributed by atoms with van der Waals surface area (Å²) in [5, 5.41) is 2.98. The molecule has 0 spiro atoms. The molecule has 4 aromatic rings.